The molecule has 2 aromatic carbocycles. The first kappa shape index (κ1) is 36.5. The van der Waals surface area contributed by atoms with Crippen molar-refractivity contribution in [1.29, 1.82) is 0 Å². The summed E-state index contributed by atoms with van der Waals surface area (Å²) in [4.78, 5) is 86.2. The Kier molecular flexibility index (Phi) is 8.87. The number of aromatic nitrogens is 2. The first-order valence-corrected chi connectivity index (χ1v) is 19.3. The predicted octanol–water partition coefficient (Wildman–Crippen LogP) is 2.63. The molecule has 2 aromatic heterocycles. The minimum atomic E-state index is -1.00. The fraction of sp³-hybridized carbons (Fsp3) is 0.405. The average Bonchev–Trinajstić information content (AvgIpc) is 3.54. The summed E-state index contributed by atoms with van der Waals surface area (Å²) in [6.07, 6.45) is 7.50. The first-order valence-electron chi connectivity index (χ1n) is 19.3. The Labute approximate surface area is 327 Å². The number of hydrogen-bond donors (Lipinski definition) is 2. The molecule has 294 valence electrons. The molecule has 57 heavy (non-hydrogen) atoms. The van der Waals surface area contributed by atoms with Gasteiger partial charge in [0.2, 0.25) is 17.7 Å². The van der Waals surface area contributed by atoms with Crippen LogP contribution in [-0.2, 0) is 28.0 Å². The second kappa shape index (κ2) is 13.8. The molecule has 1 unspecified atom stereocenters. The third-order valence-corrected chi connectivity index (χ3v) is 12.5. The van der Waals surface area contributed by atoms with Crippen molar-refractivity contribution in [1.82, 2.24) is 30.0 Å². The number of fused-ring (bicyclic) bond motifs is 2. The minimum absolute atomic E-state index is 0.0320. The summed E-state index contributed by atoms with van der Waals surface area (Å²) in [5, 5.41) is 6.85. The molecule has 2 N–H and O–H groups in total. The molecule has 1 saturated carbocycles. The number of hydrogen-bond acceptors (Lipinski definition) is 11. The van der Waals surface area contributed by atoms with E-state index in [-0.39, 0.29) is 52.8 Å². The Bertz CT molecular complexity index is 2430. The van der Waals surface area contributed by atoms with E-state index < -0.39 is 29.7 Å². The number of imide groups is 2. The normalized spacial score (nSPS) is 23.2. The lowest BCUT2D eigenvalue weighted by atomic mass is 9.94. The molecule has 0 bridgehead atoms. The molecule has 4 fully saturated rings. The number of rotatable bonds is 10. The van der Waals surface area contributed by atoms with Crippen LogP contribution in [0.1, 0.15) is 58.4 Å². The molecular formula is C42H43N7O8. The van der Waals surface area contributed by atoms with Crippen LogP contribution in [0.5, 0.6) is 11.5 Å². The standard InChI is InChI=1S/C42H43N7O8/c1-46-20-30(26-8-10-43-17-29(26)39(46)53)24-13-33(56-2)31(34(14-24)57-3)21-47-18-23(19-47)12-37(51)44-35-16-42(35)9-11-48(22-42)25-4-5-27-28(15-25)41(55)49(40(27)54)32-6-7-36(50)45-38(32)52/h4-5,8,10,13-15,17,20,23,32,35H,6-7,9,11-12,16,18-19,21-22H2,1-3H3,(H,44,51)(H,45,50,52)/t32?,35-,42+/m1/s1. The van der Waals surface area contributed by atoms with Gasteiger partial charge >= 0.3 is 0 Å². The van der Waals surface area contributed by atoms with Crippen molar-refractivity contribution in [2.24, 2.45) is 18.4 Å². The fourth-order valence-electron chi connectivity index (χ4n) is 9.29. The van der Waals surface area contributed by atoms with Gasteiger partial charge in [-0.15, -0.1) is 0 Å². The molecule has 1 spiro atoms. The van der Waals surface area contributed by atoms with Crippen LogP contribution in [-0.4, -0.2) is 101 Å². The zero-order valence-electron chi connectivity index (χ0n) is 32.0. The van der Waals surface area contributed by atoms with Crippen molar-refractivity contribution in [3.63, 3.8) is 0 Å². The number of anilines is 1. The topological polar surface area (TPSA) is 172 Å². The number of nitrogens with zero attached hydrogens (tertiary/aromatic N) is 5. The van der Waals surface area contributed by atoms with Crippen molar-refractivity contribution < 1.29 is 33.4 Å². The van der Waals surface area contributed by atoms with E-state index in [1.54, 1.807) is 50.4 Å². The van der Waals surface area contributed by atoms with Crippen molar-refractivity contribution >= 4 is 46.0 Å². The smallest absolute Gasteiger partial charge is 0.262 e. The van der Waals surface area contributed by atoms with E-state index in [1.807, 2.05) is 30.5 Å². The molecule has 6 heterocycles. The van der Waals surface area contributed by atoms with Gasteiger partial charge in [0.1, 0.15) is 17.5 Å². The van der Waals surface area contributed by atoms with Gasteiger partial charge in [0.25, 0.3) is 17.4 Å². The number of aryl methyl sites for hydroxylation is 1. The fourth-order valence-corrected chi connectivity index (χ4v) is 9.29. The van der Waals surface area contributed by atoms with Gasteiger partial charge in [-0.05, 0) is 72.5 Å². The van der Waals surface area contributed by atoms with Crippen LogP contribution in [0.2, 0.25) is 0 Å². The monoisotopic (exact) mass is 773 g/mol. The number of amides is 5. The quantitative estimate of drug-likeness (QED) is 0.227. The largest absolute Gasteiger partial charge is 0.496 e. The molecule has 3 atom stereocenters. The number of likely N-dealkylation sites (tertiary alicyclic amines) is 1. The van der Waals surface area contributed by atoms with Crippen LogP contribution in [0.4, 0.5) is 5.69 Å². The summed E-state index contributed by atoms with van der Waals surface area (Å²) < 4.78 is 13.3. The Morgan fingerprint density at radius 1 is 0.965 bits per heavy atom. The third kappa shape index (κ3) is 6.29. The molecular weight excluding hydrogens is 731 g/mol. The Hall–Kier alpha value is -6.09. The van der Waals surface area contributed by atoms with Crippen LogP contribution in [0.25, 0.3) is 21.9 Å². The summed E-state index contributed by atoms with van der Waals surface area (Å²) >= 11 is 0. The van der Waals surface area contributed by atoms with Crippen molar-refractivity contribution in [3.8, 4) is 22.6 Å². The van der Waals surface area contributed by atoms with Gasteiger partial charge in [0, 0.05) is 93.9 Å². The maximum Gasteiger partial charge on any atom is 0.262 e. The summed E-state index contributed by atoms with van der Waals surface area (Å²) in [5.74, 6) is -0.438. The van der Waals surface area contributed by atoms with Crippen LogP contribution in [0, 0.1) is 11.3 Å². The summed E-state index contributed by atoms with van der Waals surface area (Å²) in [5.41, 5.74) is 3.84. The van der Waals surface area contributed by atoms with E-state index >= 15 is 0 Å². The van der Waals surface area contributed by atoms with Crippen molar-refractivity contribution in [3.05, 3.63) is 82.0 Å². The van der Waals surface area contributed by atoms with Gasteiger partial charge in [-0.2, -0.15) is 0 Å². The summed E-state index contributed by atoms with van der Waals surface area (Å²) in [6, 6.07) is 10.1. The first-order chi connectivity index (χ1) is 27.5. The molecule has 0 radical (unpaired) electrons. The molecule has 1 aliphatic carbocycles. The van der Waals surface area contributed by atoms with Crippen LogP contribution in [0.15, 0.2) is 59.8 Å². The van der Waals surface area contributed by atoms with E-state index in [0.717, 1.165) is 71.7 Å². The molecule has 15 heteroatoms. The van der Waals surface area contributed by atoms with Gasteiger partial charge in [-0.1, -0.05) is 0 Å². The lowest BCUT2D eigenvalue weighted by Crippen LogP contribution is -2.54. The van der Waals surface area contributed by atoms with Crippen molar-refractivity contribution in [2.45, 2.75) is 50.7 Å². The van der Waals surface area contributed by atoms with Gasteiger partial charge < -0.3 is 24.3 Å². The highest BCUT2D eigenvalue weighted by Crippen LogP contribution is 2.54. The number of ether oxygens (including phenoxy) is 2. The SMILES string of the molecule is COc1cc(-c2cn(C)c(=O)c3cnccc23)cc(OC)c1CN1CC(CC(=O)N[C@@H]2C[C@]23CCN(c2ccc4c(c2)C(=O)N(C2CCC(=O)NC2=O)C4=O)C3)C1. The van der Waals surface area contributed by atoms with E-state index in [0.29, 0.717) is 29.9 Å². The van der Waals surface area contributed by atoms with Gasteiger partial charge in [-0.25, -0.2) is 0 Å². The maximum atomic E-state index is 13.4. The van der Waals surface area contributed by atoms with Crippen LogP contribution in [0.3, 0.4) is 0 Å². The molecule has 4 aliphatic heterocycles. The van der Waals surface area contributed by atoms with E-state index in [2.05, 4.69) is 25.4 Å². The summed E-state index contributed by atoms with van der Waals surface area (Å²) in [7, 11) is 4.99. The maximum absolute atomic E-state index is 13.4. The minimum Gasteiger partial charge on any atom is -0.496 e. The molecule has 9 rings (SSSR count). The van der Waals surface area contributed by atoms with Crippen molar-refractivity contribution in [2.75, 3.05) is 45.3 Å². The van der Waals surface area contributed by atoms with E-state index in [4.69, 9.17) is 9.47 Å². The highest BCUT2D eigenvalue weighted by atomic mass is 16.5. The number of benzene rings is 2. The molecule has 3 saturated heterocycles. The summed E-state index contributed by atoms with van der Waals surface area (Å²) in [6.45, 7) is 3.62. The predicted molar refractivity (Wildman–Crippen MR) is 208 cm³/mol. The Morgan fingerprint density at radius 2 is 1.72 bits per heavy atom. The zero-order chi connectivity index (χ0) is 39.7. The van der Waals surface area contributed by atoms with E-state index in [9.17, 15) is 28.8 Å². The number of carbonyl (C=O) groups is 5. The Balaban J connectivity index is 0.789. The number of piperidine rings is 1. The second-order valence-corrected chi connectivity index (χ2v) is 16.0. The Morgan fingerprint density at radius 3 is 2.46 bits per heavy atom. The van der Waals surface area contributed by atoms with Gasteiger partial charge in [0.05, 0.1) is 36.3 Å². The van der Waals surface area contributed by atoms with Gasteiger partial charge in [-0.3, -0.25) is 48.9 Å². The average molecular weight is 774 g/mol. The van der Waals surface area contributed by atoms with Gasteiger partial charge in [0.15, 0.2) is 0 Å². The molecule has 15 nitrogen and oxygen atoms in total. The zero-order valence-corrected chi connectivity index (χ0v) is 32.0. The highest BCUT2D eigenvalue weighted by molar-refractivity contribution is 6.23. The molecule has 5 aliphatic rings. The number of carbonyl (C=O) groups excluding carboxylic acids is 5. The second-order valence-electron chi connectivity index (χ2n) is 16.0. The number of nitrogens with one attached hydrogen (secondary N) is 2. The highest BCUT2D eigenvalue weighted by Gasteiger charge is 2.58. The lowest BCUT2D eigenvalue weighted by Gasteiger charge is -2.39. The lowest BCUT2D eigenvalue weighted by molar-refractivity contribution is -0.136. The molecule has 5 amide bonds. The number of pyridine rings is 2. The van der Waals surface area contributed by atoms with Crippen LogP contribution < -0.4 is 30.6 Å². The number of methoxy groups -OCH3 is 2. The third-order valence-electron chi connectivity index (χ3n) is 12.5. The van der Waals surface area contributed by atoms with E-state index in [1.165, 1.54) is 0 Å². The molecule has 4 aromatic rings. The van der Waals surface area contributed by atoms with Crippen LogP contribution >= 0.6 is 0 Å².